The van der Waals surface area contributed by atoms with Gasteiger partial charge in [0.05, 0.1) is 11.3 Å². The highest BCUT2D eigenvalue weighted by molar-refractivity contribution is 5.99. The van der Waals surface area contributed by atoms with Crippen molar-refractivity contribution in [1.29, 1.82) is 0 Å². The zero-order valence-corrected chi connectivity index (χ0v) is 11.2. The second-order valence-electron chi connectivity index (χ2n) is 5.11. The van der Waals surface area contributed by atoms with Crippen LogP contribution in [0.3, 0.4) is 0 Å². The summed E-state index contributed by atoms with van der Waals surface area (Å²) in [5.41, 5.74) is 2.17. The fourth-order valence-electron chi connectivity index (χ4n) is 2.66. The first-order valence-electron chi connectivity index (χ1n) is 7.01. The summed E-state index contributed by atoms with van der Waals surface area (Å²) in [4.78, 5) is 20.7. The Morgan fingerprint density at radius 1 is 1.15 bits per heavy atom. The Balaban J connectivity index is 1.87. The van der Waals surface area contributed by atoms with Crippen molar-refractivity contribution in [3.05, 3.63) is 48.4 Å². The van der Waals surface area contributed by atoms with Gasteiger partial charge < -0.3 is 5.32 Å². The number of hydrogen-bond donors (Lipinski definition) is 1. The van der Waals surface area contributed by atoms with Crippen LogP contribution in [0.1, 0.15) is 36.0 Å². The highest BCUT2D eigenvalue weighted by Crippen LogP contribution is 2.22. The summed E-state index contributed by atoms with van der Waals surface area (Å²) in [5, 5.41) is 3.09. The van der Waals surface area contributed by atoms with Gasteiger partial charge in [-0.1, -0.05) is 43.2 Å². The molecule has 4 nitrogen and oxygen atoms in total. The molecule has 1 aliphatic carbocycles. The Morgan fingerprint density at radius 3 is 2.65 bits per heavy atom. The van der Waals surface area contributed by atoms with Crippen LogP contribution in [0.15, 0.2) is 42.9 Å². The number of carbonyl (C=O) groups is 1. The first-order valence-corrected chi connectivity index (χ1v) is 7.01. The Labute approximate surface area is 118 Å². The first kappa shape index (κ1) is 12.8. The van der Waals surface area contributed by atoms with Crippen molar-refractivity contribution < 1.29 is 4.79 Å². The van der Waals surface area contributed by atoms with Crippen LogP contribution < -0.4 is 5.32 Å². The average molecular weight is 267 g/mol. The van der Waals surface area contributed by atoms with E-state index in [2.05, 4.69) is 15.3 Å². The molecule has 0 bridgehead atoms. The molecule has 1 N–H and O–H groups in total. The van der Waals surface area contributed by atoms with Gasteiger partial charge in [0.15, 0.2) is 0 Å². The van der Waals surface area contributed by atoms with Crippen LogP contribution in [-0.4, -0.2) is 21.9 Å². The van der Waals surface area contributed by atoms with E-state index in [0.717, 1.165) is 18.4 Å². The minimum Gasteiger partial charge on any atom is -0.349 e. The minimum atomic E-state index is -0.0728. The van der Waals surface area contributed by atoms with Crippen LogP contribution in [0.4, 0.5) is 0 Å². The lowest BCUT2D eigenvalue weighted by Crippen LogP contribution is -2.33. The maximum atomic E-state index is 12.4. The van der Waals surface area contributed by atoms with E-state index in [1.807, 2.05) is 30.3 Å². The van der Waals surface area contributed by atoms with Crippen molar-refractivity contribution in [2.24, 2.45) is 0 Å². The third-order valence-corrected chi connectivity index (χ3v) is 3.69. The van der Waals surface area contributed by atoms with Crippen LogP contribution in [0.5, 0.6) is 0 Å². The summed E-state index contributed by atoms with van der Waals surface area (Å²) in [5.74, 6) is -0.0728. The molecule has 102 valence electrons. The molecule has 0 atom stereocenters. The fraction of sp³-hybridized carbons (Fsp3) is 0.312. The van der Waals surface area contributed by atoms with Gasteiger partial charge in [-0.05, 0) is 12.8 Å². The summed E-state index contributed by atoms with van der Waals surface area (Å²) >= 11 is 0. The summed E-state index contributed by atoms with van der Waals surface area (Å²) in [6.07, 6.45) is 7.61. The molecule has 1 aliphatic rings. The molecule has 0 aliphatic heterocycles. The van der Waals surface area contributed by atoms with Gasteiger partial charge in [-0.2, -0.15) is 0 Å². The molecule has 0 spiro atoms. The first-order chi connectivity index (χ1) is 9.84. The van der Waals surface area contributed by atoms with Gasteiger partial charge in [-0.3, -0.25) is 4.79 Å². The molecule has 20 heavy (non-hydrogen) atoms. The summed E-state index contributed by atoms with van der Waals surface area (Å²) in [7, 11) is 0. The van der Waals surface area contributed by atoms with Crippen molar-refractivity contribution in [2.75, 3.05) is 0 Å². The van der Waals surface area contributed by atoms with E-state index in [9.17, 15) is 4.79 Å². The Hall–Kier alpha value is -2.23. The predicted molar refractivity (Wildman–Crippen MR) is 77.2 cm³/mol. The molecule has 1 aromatic heterocycles. The maximum Gasteiger partial charge on any atom is 0.255 e. The van der Waals surface area contributed by atoms with Gasteiger partial charge in [-0.25, -0.2) is 9.97 Å². The number of amides is 1. The number of carbonyl (C=O) groups excluding carboxylic acids is 1. The lowest BCUT2D eigenvalue weighted by Gasteiger charge is -2.13. The van der Waals surface area contributed by atoms with E-state index >= 15 is 0 Å². The standard InChI is InChI=1S/C16H17N3O/c20-16(19-13-8-4-5-9-13)14-10-17-11-18-15(14)12-6-2-1-3-7-12/h1-3,6-7,10-11,13H,4-5,8-9H2,(H,19,20). The van der Waals surface area contributed by atoms with E-state index in [-0.39, 0.29) is 5.91 Å². The van der Waals surface area contributed by atoms with Crippen LogP contribution >= 0.6 is 0 Å². The zero-order valence-electron chi connectivity index (χ0n) is 11.2. The Bertz CT molecular complexity index is 592. The van der Waals surface area contributed by atoms with Gasteiger partial charge in [0.2, 0.25) is 0 Å². The summed E-state index contributed by atoms with van der Waals surface area (Å²) < 4.78 is 0. The van der Waals surface area contributed by atoms with Crippen molar-refractivity contribution in [1.82, 2.24) is 15.3 Å². The number of aromatic nitrogens is 2. The van der Waals surface area contributed by atoms with Gasteiger partial charge in [0.25, 0.3) is 5.91 Å². The lowest BCUT2D eigenvalue weighted by atomic mass is 10.1. The largest absolute Gasteiger partial charge is 0.349 e. The van der Waals surface area contributed by atoms with Crippen LogP contribution in [0.25, 0.3) is 11.3 Å². The molecule has 1 amide bonds. The Morgan fingerprint density at radius 2 is 1.90 bits per heavy atom. The van der Waals surface area contributed by atoms with Gasteiger partial charge in [-0.15, -0.1) is 0 Å². The maximum absolute atomic E-state index is 12.4. The van der Waals surface area contributed by atoms with Gasteiger partial charge in [0, 0.05) is 17.8 Å². The van der Waals surface area contributed by atoms with Gasteiger partial charge in [0.1, 0.15) is 6.33 Å². The topological polar surface area (TPSA) is 54.9 Å². The third-order valence-electron chi connectivity index (χ3n) is 3.69. The van der Waals surface area contributed by atoms with E-state index < -0.39 is 0 Å². The predicted octanol–water partition coefficient (Wildman–Crippen LogP) is 2.82. The van der Waals surface area contributed by atoms with Crippen molar-refractivity contribution in [3.63, 3.8) is 0 Å². The molecule has 1 fully saturated rings. The smallest absolute Gasteiger partial charge is 0.255 e. The third kappa shape index (κ3) is 2.69. The normalized spacial score (nSPS) is 15.2. The molecule has 1 saturated carbocycles. The molecular weight excluding hydrogens is 250 g/mol. The fourth-order valence-corrected chi connectivity index (χ4v) is 2.66. The molecule has 4 heteroatoms. The lowest BCUT2D eigenvalue weighted by molar-refractivity contribution is 0.0938. The molecule has 3 rings (SSSR count). The van der Waals surface area contributed by atoms with Crippen LogP contribution in [0.2, 0.25) is 0 Å². The van der Waals surface area contributed by atoms with E-state index in [4.69, 9.17) is 0 Å². The van der Waals surface area contributed by atoms with Gasteiger partial charge >= 0.3 is 0 Å². The van der Waals surface area contributed by atoms with E-state index in [0.29, 0.717) is 17.3 Å². The van der Waals surface area contributed by atoms with E-state index in [1.54, 1.807) is 6.20 Å². The number of benzene rings is 1. The molecule has 2 aromatic rings. The monoisotopic (exact) mass is 267 g/mol. The number of nitrogens with zero attached hydrogens (tertiary/aromatic N) is 2. The minimum absolute atomic E-state index is 0.0728. The number of nitrogens with one attached hydrogen (secondary N) is 1. The molecule has 1 aromatic carbocycles. The molecule has 1 heterocycles. The number of rotatable bonds is 3. The van der Waals surface area contributed by atoms with Crippen LogP contribution in [-0.2, 0) is 0 Å². The molecule has 0 saturated heterocycles. The molecular formula is C16H17N3O. The van der Waals surface area contributed by atoms with Crippen molar-refractivity contribution in [2.45, 2.75) is 31.7 Å². The Kier molecular flexibility index (Phi) is 3.72. The SMILES string of the molecule is O=C(NC1CCCC1)c1cncnc1-c1ccccc1. The quantitative estimate of drug-likeness (QED) is 0.930. The zero-order chi connectivity index (χ0) is 13.8. The van der Waals surface area contributed by atoms with Crippen molar-refractivity contribution >= 4 is 5.91 Å². The summed E-state index contributed by atoms with van der Waals surface area (Å²) in [6, 6.07) is 10.0. The highest BCUT2D eigenvalue weighted by atomic mass is 16.1. The summed E-state index contributed by atoms with van der Waals surface area (Å²) in [6.45, 7) is 0. The second-order valence-corrected chi connectivity index (χ2v) is 5.11. The average Bonchev–Trinajstić information content (AvgIpc) is 3.01. The van der Waals surface area contributed by atoms with Crippen LogP contribution in [0, 0.1) is 0 Å². The van der Waals surface area contributed by atoms with Crippen molar-refractivity contribution in [3.8, 4) is 11.3 Å². The second kappa shape index (κ2) is 5.82. The highest BCUT2D eigenvalue weighted by Gasteiger charge is 2.20. The molecule has 0 unspecified atom stereocenters. The van der Waals surface area contributed by atoms with E-state index in [1.165, 1.54) is 19.2 Å². The molecule has 0 radical (unpaired) electrons. The number of hydrogen-bond acceptors (Lipinski definition) is 3.